The number of amidine groups is 1. The van der Waals surface area contributed by atoms with Crippen LogP contribution in [0, 0.1) is 5.82 Å². The standard InChI is InChI=1S/C13H15FN2.ClH/c14-11-5-6-12-10(8-11)9-16-7-3-1-2-4-13(16)15-12;/h5-6,8H,1-4,7,9H2;1H. The summed E-state index contributed by atoms with van der Waals surface area (Å²) in [4.78, 5) is 6.94. The van der Waals surface area contributed by atoms with Crippen molar-refractivity contribution in [1.29, 1.82) is 0 Å². The number of hydrogen-bond acceptors (Lipinski definition) is 2. The molecule has 0 unspecified atom stereocenters. The zero-order valence-electron chi connectivity index (χ0n) is 9.66. The van der Waals surface area contributed by atoms with Crippen molar-refractivity contribution in [2.75, 3.05) is 6.54 Å². The van der Waals surface area contributed by atoms with E-state index in [4.69, 9.17) is 0 Å². The van der Waals surface area contributed by atoms with Gasteiger partial charge in [0.1, 0.15) is 11.7 Å². The van der Waals surface area contributed by atoms with E-state index in [2.05, 4.69) is 9.89 Å². The van der Waals surface area contributed by atoms with Crippen molar-refractivity contribution in [3.63, 3.8) is 0 Å². The zero-order valence-corrected chi connectivity index (χ0v) is 10.5. The van der Waals surface area contributed by atoms with Crippen LogP contribution in [-0.4, -0.2) is 17.3 Å². The Hall–Kier alpha value is -1.09. The van der Waals surface area contributed by atoms with Crippen molar-refractivity contribution < 1.29 is 4.39 Å². The molecule has 0 radical (unpaired) electrons. The molecule has 2 aliphatic rings. The molecule has 17 heavy (non-hydrogen) atoms. The zero-order chi connectivity index (χ0) is 11.0. The lowest BCUT2D eigenvalue weighted by atomic mass is 10.1. The third-order valence-corrected chi connectivity index (χ3v) is 3.35. The molecule has 1 aromatic rings. The Morgan fingerprint density at radius 3 is 2.94 bits per heavy atom. The van der Waals surface area contributed by atoms with Crippen LogP contribution in [-0.2, 0) is 6.54 Å². The van der Waals surface area contributed by atoms with Crippen LogP contribution >= 0.6 is 12.4 Å². The first-order valence-corrected chi connectivity index (χ1v) is 5.94. The molecule has 1 saturated heterocycles. The number of benzene rings is 1. The Kier molecular flexibility index (Phi) is 3.67. The minimum atomic E-state index is -0.160. The second-order valence-electron chi connectivity index (χ2n) is 4.53. The minimum Gasteiger partial charge on any atom is -0.356 e. The van der Waals surface area contributed by atoms with Crippen LogP contribution in [0.1, 0.15) is 31.2 Å². The summed E-state index contributed by atoms with van der Waals surface area (Å²) < 4.78 is 13.1. The highest BCUT2D eigenvalue weighted by molar-refractivity contribution is 5.87. The van der Waals surface area contributed by atoms with E-state index in [-0.39, 0.29) is 18.2 Å². The van der Waals surface area contributed by atoms with Crippen LogP contribution in [0.25, 0.3) is 0 Å². The van der Waals surface area contributed by atoms with Crippen molar-refractivity contribution in [2.45, 2.75) is 32.2 Å². The maximum absolute atomic E-state index is 13.1. The summed E-state index contributed by atoms with van der Waals surface area (Å²) in [6.45, 7) is 1.89. The van der Waals surface area contributed by atoms with Crippen molar-refractivity contribution >= 4 is 23.9 Å². The fourth-order valence-corrected chi connectivity index (χ4v) is 2.48. The number of hydrogen-bond donors (Lipinski definition) is 0. The van der Waals surface area contributed by atoms with Gasteiger partial charge in [-0.2, -0.15) is 0 Å². The molecule has 2 aliphatic heterocycles. The smallest absolute Gasteiger partial charge is 0.123 e. The van der Waals surface area contributed by atoms with Gasteiger partial charge in [0.25, 0.3) is 0 Å². The van der Waals surface area contributed by atoms with Gasteiger partial charge in [-0.1, -0.05) is 6.42 Å². The molecular formula is C13H16ClFN2. The summed E-state index contributed by atoms with van der Waals surface area (Å²) in [5, 5.41) is 0. The quantitative estimate of drug-likeness (QED) is 0.690. The molecule has 0 aliphatic carbocycles. The van der Waals surface area contributed by atoms with Gasteiger partial charge in [0.2, 0.25) is 0 Å². The first kappa shape index (κ1) is 12.4. The van der Waals surface area contributed by atoms with E-state index in [1.807, 2.05) is 0 Å². The fourth-order valence-electron chi connectivity index (χ4n) is 2.48. The fraction of sp³-hybridized carbons (Fsp3) is 0.462. The van der Waals surface area contributed by atoms with E-state index >= 15 is 0 Å². The average molecular weight is 255 g/mol. The number of aliphatic imine (C=N–C) groups is 1. The van der Waals surface area contributed by atoms with Gasteiger partial charge in [-0.3, -0.25) is 0 Å². The summed E-state index contributed by atoms with van der Waals surface area (Å²) in [6, 6.07) is 4.90. The van der Waals surface area contributed by atoms with Gasteiger partial charge in [-0.15, -0.1) is 12.4 Å². The molecule has 2 nitrogen and oxygen atoms in total. The van der Waals surface area contributed by atoms with E-state index in [9.17, 15) is 4.39 Å². The second kappa shape index (κ2) is 5.05. The normalized spacial score (nSPS) is 18.4. The third-order valence-electron chi connectivity index (χ3n) is 3.35. The Balaban J connectivity index is 0.00000108. The Labute approximate surface area is 107 Å². The molecule has 0 spiro atoms. The topological polar surface area (TPSA) is 15.6 Å². The molecule has 0 amide bonds. The SMILES string of the molecule is Cl.Fc1ccc2c(c1)CN1CCCCCC1=N2. The predicted molar refractivity (Wildman–Crippen MR) is 69.6 cm³/mol. The number of fused-ring (bicyclic) bond motifs is 2. The molecular weight excluding hydrogens is 239 g/mol. The lowest BCUT2D eigenvalue weighted by molar-refractivity contribution is 0.402. The highest BCUT2D eigenvalue weighted by atomic mass is 35.5. The van der Waals surface area contributed by atoms with Gasteiger partial charge in [-0.25, -0.2) is 9.38 Å². The summed E-state index contributed by atoms with van der Waals surface area (Å²) in [7, 11) is 0. The van der Waals surface area contributed by atoms with E-state index < -0.39 is 0 Å². The third kappa shape index (κ3) is 2.44. The van der Waals surface area contributed by atoms with Crippen LogP contribution in [0.2, 0.25) is 0 Å². The van der Waals surface area contributed by atoms with E-state index in [0.717, 1.165) is 30.8 Å². The summed E-state index contributed by atoms with van der Waals surface area (Å²) >= 11 is 0. The first-order valence-electron chi connectivity index (χ1n) is 5.94. The molecule has 4 heteroatoms. The molecule has 2 heterocycles. The number of rotatable bonds is 0. The molecule has 92 valence electrons. The van der Waals surface area contributed by atoms with E-state index in [0.29, 0.717) is 0 Å². The predicted octanol–water partition coefficient (Wildman–Crippen LogP) is 3.67. The van der Waals surface area contributed by atoms with Gasteiger partial charge in [0.15, 0.2) is 0 Å². The lowest BCUT2D eigenvalue weighted by Crippen LogP contribution is -2.32. The van der Waals surface area contributed by atoms with Crippen LogP contribution < -0.4 is 0 Å². The first-order chi connectivity index (χ1) is 7.83. The van der Waals surface area contributed by atoms with Gasteiger partial charge in [0.05, 0.1) is 5.69 Å². The Bertz CT molecular complexity index is 445. The monoisotopic (exact) mass is 254 g/mol. The Morgan fingerprint density at radius 1 is 1.18 bits per heavy atom. The maximum Gasteiger partial charge on any atom is 0.123 e. The van der Waals surface area contributed by atoms with Gasteiger partial charge >= 0.3 is 0 Å². The van der Waals surface area contributed by atoms with Crippen molar-refractivity contribution in [2.24, 2.45) is 4.99 Å². The van der Waals surface area contributed by atoms with Crippen LogP contribution in [0.4, 0.5) is 10.1 Å². The highest BCUT2D eigenvalue weighted by Crippen LogP contribution is 2.29. The van der Waals surface area contributed by atoms with Crippen molar-refractivity contribution in [3.05, 3.63) is 29.6 Å². The van der Waals surface area contributed by atoms with E-state index in [1.54, 1.807) is 12.1 Å². The Morgan fingerprint density at radius 2 is 2.06 bits per heavy atom. The summed E-state index contributed by atoms with van der Waals surface area (Å²) in [5.74, 6) is 1.03. The highest BCUT2D eigenvalue weighted by Gasteiger charge is 2.21. The molecule has 3 rings (SSSR count). The minimum absolute atomic E-state index is 0. The molecule has 0 atom stereocenters. The van der Waals surface area contributed by atoms with Crippen molar-refractivity contribution in [3.8, 4) is 0 Å². The second-order valence-corrected chi connectivity index (χ2v) is 4.53. The molecule has 0 N–H and O–H groups in total. The maximum atomic E-state index is 13.1. The number of halogens is 2. The van der Waals surface area contributed by atoms with Gasteiger partial charge in [0, 0.05) is 25.1 Å². The number of nitrogens with zero attached hydrogens (tertiary/aromatic N) is 2. The molecule has 0 saturated carbocycles. The molecule has 0 aromatic heterocycles. The molecule has 1 fully saturated rings. The van der Waals surface area contributed by atoms with Gasteiger partial charge in [-0.05, 0) is 31.0 Å². The van der Waals surface area contributed by atoms with Gasteiger partial charge < -0.3 is 4.90 Å². The lowest BCUT2D eigenvalue weighted by Gasteiger charge is -2.29. The van der Waals surface area contributed by atoms with Crippen molar-refractivity contribution in [1.82, 2.24) is 4.90 Å². The average Bonchev–Trinajstić information content (AvgIpc) is 2.50. The molecule has 0 bridgehead atoms. The summed E-state index contributed by atoms with van der Waals surface area (Å²) in [6.07, 6.45) is 4.80. The largest absolute Gasteiger partial charge is 0.356 e. The van der Waals surface area contributed by atoms with Crippen LogP contribution in [0.3, 0.4) is 0 Å². The van der Waals surface area contributed by atoms with Crippen LogP contribution in [0.15, 0.2) is 23.2 Å². The summed E-state index contributed by atoms with van der Waals surface area (Å²) in [5.41, 5.74) is 1.97. The van der Waals surface area contributed by atoms with Crippen LogP contribution in [0.5, 0.6) is 0 Å². The molecule has 1 aromatic carbocycles. The van der Waals surface area contributed by atoms with E-state index in [1.165, 1.54) is 31.2 Å².